The Morgan fingerprint density at radius 1 is 0.977 bits per heavy atom. The number of anilines is 1. The highest BCUT2D eigenvalue weighted by atomic mass is 32.1. The van der Waals surface area contributed by atoms with Crippen LogP contribution in [0.1, 0.15) is 70.3 Å². The van der Waals surface area contributed by atoms with Crippen molar-refractivity contribution in [1.82, 2.24) is 9.88 Å². The summed E-state index contributed by atoms with van der Waals surface area (Å²) in [7, 11) is 1.34. The van der Waals surface area contributed by atoms with Gasteiger partial charge >= 0.3 is 11.9 Å². The van der Waals surface area contributed by atoms with Gasteiger partial charge in [-0.3, -0.25) is 14.7 Å². The number of nitrogens with one attached hydrogen (secondary N) is 1. The first-order valence-electron chi connectivity index (χ1n) is 14.8. The Morgan fingerprint density at radius 3 is 2.51 bits per heavy atom. The molecule has 0 radical (unpaired) electrons. The summed E-state index contributed by atoms with van der Waals surface area (Å²) in [6.07, 6.45) is 1.41. The molecule has 9 heteroatoms. The predicted octanol–water partition coefficient (Wildman–Crippen LogP) is 6.19. The van der Waals surface area contributed by atoms with Crippen LogP contribution in [0.15, 0.2) is 48.5 Å². The molecule has 1 N–H and O–H groups in total. The zero-order valence-electron chi connectivity index (χ0n) is 24.9. The van der Waals surface area contributed by atoms with Crippen LogP contribution in [0.25, 0.3) is 21.3 Å². The third-order valence-electron chi connectivity index (χ3n) is 8.46. The van der Waals surface area contributed by atoms with Gasteiger partial charge in [-0.15, -0.1) is 11.3 Å². The number of para-hydroxylation sites is 1. The highest BCUT2D eigenvalue weighted by Crippen LogP contribution is 2.45. The maximum atomic E-state index is 13.9. The molecular weight excluding hydrogens is 562 g/mol. The van der Waals surface area contributed by atoms with Crippen LogP contribution in [0.4, 0.5) is 5.00 Å². The first kappa shape index (κ1) is 29.0. The molecule has 2 aliphatic rings. The van der Waals surface area contributed by atoms with Crippen LogP contribution in [-0.2, 0) is 40.1 Å². The minimum absolute atomic E-state index is 0.266. The van der Waals surface area contributed by atoms with E-state index in [9.17, 15) is 14.4 Å². The molecule has 2 aromatic heterocycles. The Labute approximate surface area is 255 Å². The largest absolute Gasteiger partial charge is 0.465 e. The number of rotatable bonds is 7. The summed E-state index contributed by atoms with van der Waals surface area (Å²) >= 11 is 1.36. The van der Waals surface area contributed by atoms with Gasteiger partial charge in [0, 0.05) is 47.1 Å². The number of nitrogens with zero attached hydrogens (tertiary/aromatic N) is 2. The van der Waals surface area contributed by atoms with Gasteiger partial charge in [-0.05, 0) is 55.9 Å². The molecule has 1 aliphatic heterocycles. The molecule has 1 aliphatic carbocycles. The van der Waals surface area contributed by atoms with Crippen molar-refractivity contribution in [1.29, 1.82) is 0 Å². The molecule has 1 amide bonds. The number of hydrogen-bond acceptors (Lipinski definition) is 8. The number of benzene rings is 2. The van der Waals surface area contributed by atoms with Crippen LogP contribution in [0, 0.1) is 0 Å². The first-order chi connectivity index (χ1) is 20.8. The van der Waals surface area contributed by atoms with Gasteiger partial charge in [0.05, 0.1) is 23.8 Å². The van der Waals surface area contributed by atoms with Gasteiger partial charge in [0.1, 0.15) is 5.00 Å². The van der Waals surface area contributed by atoms with Gasteiger partial charge in [0.25, 0.3) is 5.91 Å². The minimum atomic E-state index is -1.06. The molecule has 1 atom stereocenters. The Kier molecular flexibility index (Phi) is 8.03. The summed E-state index contributed by atoms with van der Waals surface area (Å²) in [6, 6.07) is 16.0. The molecule has 0 saturated carbocycles. The molecule has 3 heterocycles. The predicted molar refractivity (Wildman–Crippen MR) is 168 cm³/mol. The van der Waals surface area contributed by atoms with Crippen molar-refractivity contribution < 1.29 is 23.9 Å². The monoisotopic (exact) mass is 597 g/mol. The summed E-state index contributed by atoms with van der Waals surface area (Å²) in [5.41, 5.74) is 6.46. The first-order valence-corrected chi connectivity index (χ1v) is 15.6. The summed E-state index contributed by atoms with van der Waals surface area (Å²) in [5, 5.41) is 4.05. The number of aromatic nitrogens is 1. The SMILES string of the molecule is CCC(OC(=O)c1c2c(nc3ccccc13)CCN(C(C)C)C2)C(=O)Nc1sc2c(c1C(=O)OC)CCc1ccccc1-2. The van der Waals surface area contributed by atoms with Gasteiger partial charge in [-0.2, -0.15) is 0 Å². The molecule has 222 valence electrons. The number of carbonyl (C=O) groups excluding carboxylic acids is 3. The van der Waals surface area contributed by atoms with Crippen LogP contribution in [0.3, 0.4) is 0 Å². The molecule has 0 bridgehead atoms. The Morgan fingerprint density at radius 2 is 1.74 bits per heavy atom. The number of amides is 1. The number of carbonyl (C=O) groups is 3. The van der Waals surface area contributed by atoms with E-state index in [1.54, 1.807) is 6.92 Å². The number of thiophene rings is 1. The zero-order chi connectivity index (χ0) is 30.2. The maximum Gasteiger partial charge on any atom is 0.341 e. The van der Waals surface area contributed by atoms with E-state index in [0.717, 1.165) is 52.2 Å². The fourth-order valence-corrected chi connectivity index (χ4v) is 7.44. The average molecular weight is 598 g/mol. The van der Waals surface area contributed by atoms with Crippen molar-refractivity contribution >= 4 is 45.1 Å². The van der Waals surface area contributed by atoms with Gasteiger partial charge in [0.2, 0.25) is 0 Å². The third-order valence-corrected chi connectivity index (χ3v) is 9.64. The zero-order valence-corrected chi connectivity index (χ0v) is 25.7. The number of methoxy groups -OCH3 is 1. The summed E-state index contributed by atoms with van der Waals surface area (Å²) < 4.78 is 11.1. The molecule has 2 aromatic carbocycles. The van der Waals surface area contributed by atoms with Crippen LogP contribution < -0.4 is 5.32 Å². The van der Waals surface area contributed by atoms with E-state index in [0.29, 0.717) is 40.5 Å². The lowest BCUT2D eigenvalue weighted by molar-refractivity contribution is -0.124. The molecule has 6 rings (SSSR count). The lowest BCUT2D eigenvalue weighted by atomic mass is 9.89. The van der Waals surface area contributed by atoms with Gasteiger partial charge in [-0.1, -0.05) is 49.4 Å². The lowest BCUT2D eigenvalue weighted by Gasteiger charge is -2.32. The molecule has 1 unspecified atom stereocenters. The molecule has 43 heavy (non-hydrogen) atoms. The second kappa shape index (κ2) is 11.9. The van der Waals surface area contributed by atoms with E-state index in [1.165, 1.54) is 24.0 Å². The highest BCUT2D eigenvalue weighted by molar-refractivity contribution is 7.20. The number of esters is 2. The number of ether oxygens (including phenoxy) is 2. The van der Waals surface area contributed by atoms with Crippen LogP contribution in [0.2, 0.25) is 0 Å². The third kappa shape index (κ3) is 5.32. The normalized spacial score (nSPS) is 14.9. The van der Waals surface area contributed by atoms with Gasteiger partial charge in [-0.25, -0.2) is 9.59 Å². The van der Waals surface area contributed by atoms with Crippen molar-refractivity contribution in [2.45, 2.75) is 65.1 Å². The van der Waals surface area contributed by atoms with E-state index < -0.39 is 23.9 Å². The molecular formula is C34H35N3O5S. The Bertz CT molecular complexity index is 1740. The van der Waals surface area contributed by atoms with Gasteiger partial charge in [0.15, 0.2) is 6.10 Å². The van der Waals surface area contributed by atoms with Gasteiger partial charge < -0.3 is 14.8 Å². The second-order valence-electron chi connectivity index (χ2n) is 11.3. The Balaban J connectivity index is 1.31. The standard InChI is InChI=1S/C34H35N3O5S/c1-5-27(31(38)36-32-29(33(39)41-4)23-15-14-20-10-6-7-11-21(20)30(23)43-32)42-34(40)28-22-12-8-9-13-25(22)35-26-16-17-37(19(2)3)18-24(26)28/h6-13,19,27H,5,14-18H2,1-4H3,(H,36,38). The van der Waals surface area contributed by atoms with Crippen molar-refractivity contribution in [2.75, 3.05) is 19.0 Å². The lowest BCUT2D eigenvalue weighted by Crippen LogP contribution is -2.38. The molecule has 8 nitrogen and oxygen atoms in total. The van der Waals surface area contributed by atoms with E-state index in [-0.39, 0.29) is 6.42 Å². The number of fused-ring (bicyclic) bond motifs is 5. The number of pyridine rings is 1. The van der Waals surface area contributed by atoms with Crippen molar-refractivity contribution in [2.24, 2.45) is 0 Å². The maximum absolute atomic E-state index is 13.9. The van der Waals surface area contributed by atoms with E-state index >= 15 is 0 Å². The van der Waals surface area contributed by atoms with Crippen molar-refractivity contribution in [3.05, 3.63) is 82.0 Å². The second-order valence-corrected chi connectivity index (χ2v) is 12.3. The Hall–Kier alpha value is -4.08. The fourth-order valence-electron chi connectivity index (χ4n) is 6.13. The van der Waals surface area contributed by atoms with Crippen LogP contribution in [-0.4, -0.2) is 53.5 Å². The topological polar surface area (TPSA) is 97.8 Å². The molecule has 0 saturated heterocycles. The van der Waals surface area contributed by atoms with Crippen LogP contribution in [0.5, 0.6) is 0 Å². The highest BCUT2D eigenvalue weighted by Gasteiger charge is 2.33. The number of aryl methyl sites for hydroxylation is 1. The summed E-state index contributed by atoms with van der Waals surface area (Å²) in [6.45, 7) is 7.53. The molecule has 0 fully saturated rings. The quantitative estimate of drug-likeness (QED) is 0.254. The fraction of sp³-hybridized carbons (Fsp3) is 0.353. The van der Waals surface area contributed by atoms with Crippen LogP contribution >= 0.6 is 11.3 Å². The van der Waals surface area contributed by atoms with E-state index in [4.69, 9.17) is 14.5 Å². The minimum Gasteiger partial charge on any atom is -0.465 e. The molecule has 0 spiro atoms. The smallest absolute Gasteiger partial charge is 0.341 e. The molecule has 4 aromatic rings. The summed E-state index contributed by atoms with van der Waals surface area (Å²) in [4.78, 5) is 48.7. The van der Waals surface area contributed by atoms with Crippen molar-refractivity contribution in [3.8, 4) is 10.4 Å². The van der Waals surface area contributed by atoms with E-state index in [2.05, 4.69) is 30.1 Å². The summed E-state index contributed by atoms with van der Waals surface area (Å²) in [5.74, 6) is -1.53. The van der Waals surface area contributed by atoms with E-state index in [1.807, 2.05) is 42.5 Å². The average Bonchev–Trinajstić information content (AvgIpc) is 3.39. The van der Waals surface area contributed by atoms with Crippen molar-refractivity contribution in [3.63, 3.8) is 0 Å². The number of hydrogen-bond donors (Lipinski definition) is 1.